The largest absolute Gasteiger partial charge is 0.478 e. The van der Waals surface area contributed by atoms with Gasteiger partial charge in [-0.3, -0.25) is 4.79 Å². The maximum atomic E-state index is 15.8. The molecule has 0 aliphatic carbocycles. The number of fused-ring (bicyclic) bond motifs is 2. The van der Waals surface area contributed by atoms with Gasteiger partial charge in [0.2, 0.25) is 0 Å². The first kappa shape index (κ1) is 27.2. The third-order valence-corrected chi connectivity index (χ3v) is 8.07. The summed E-state index contributed by atoms with van der Waals surface area (Å²) in [5.41, 5.74) is 4.87. The highest BCUT2D eigenvalue weighted by molar-refractivity contribution is 5.96. The molecule has 1 atom stereocenters. The van der Waals surface area contributed by atoms with Gasteiger partial charge in [0.1, 0.15) is 5.82 Å². The van der Waals surface area contributed by atoms with Gasteiger partial charge in [-0.2, -0.15) is 0 Å². The molecule has 42 heavy (non-hydrogen) atoms. The van der Waals surface area contributed by atoms with E-state index in [1.54, 1.807) is 36.4 Å². The number of amides is 1. The summed E-state index contributed by atoms with van der Waals surface area (Å²) in [6, 6.07) is 31.6. The number of anilines is 1. The van der Waals surface area contributed by atoms with Crippen LogP contribution >= 0.6 is 0 Å². The van der Waals surface area contributed by atoms with Crippen LogP contribution in [0.3, 0.4) is 0 Å². The number of hydrogen-bond acceptors (Lipinski definition) is 3. The number of hydrogen-bond donors (Lipinski definition) is 2. The van der Waals surface area contributed by atoms with E-state index in [0.29, 0.717) is 23.2 Å². The Kier molecular flexibility index (Phi) is 7.44. The van der Waals surface area contributed by atoms with Crippen LogP contribution in [0, 0.1) is 5.82 Å². The van der Waals surface area contributed by atoms with Gasteiger partial charge in [-0.1, -0.05) is 72.8 Å². The molecule has 0 unspecified atom stereocenters. The predicted molar refractivity (Wildman–Crippen MR) is 164 cm³/mol. The van der Waals surface area contributed by atoms with Crippen LogP contribution in [-0.2, 0) is 13.0 Å². The monoisotopic (exact) mass is 558 g/mol. The molecule has 0 saturated carbocycles. The molecular weight excluding hydrogens is 527 g/mol. The van der Waals surface area contributed by atoms with Gasteiger partial charge < -0.3 is 15.3 Å². The quantitative estimate of drug-likeness (QED) is 0.214. The average molecular weight is 559 g/mol. The maximum Gasteiger partial charge on any atom is 0.336 e. The zero-order valence-electron chi connectivity index (χ0n) is 23.3. The number of aryl methyl sites for hydroxylation is 1. The van der Waals surface area contributed by atoms with Gasteiger partial charge in [-0.15, -0.1) is 0 Å². The Balaban J connectivity index is 1.21. The molecule has 0 spiro atoms. The highest BCUT2D eigenvalue weighted by atomic mass is 19.1. The number of carboxylic acids is 1. The van der Waals surface area contributed by atoms with Gasteiger partial charge in [0.25, 0.3) is 5.91 Å². The standard InChI is InChI=1S/C36H31FN2O3/c1-23(25-16-15-24-8-2-3-9-26(24)20-25)38-35(40)28-17-18-33-27(21-28)11-7-19-39(33)22-29-10-6-14-31(34(29)37)30-12-4-5-13-32(30)36(41)42/h2-6,8-10,12-18,20-21,23H,7,11,19,22H2,1H3,(H,38,40)(H,41,42)/t23-/m0/s1. The molecule has 5 aromatic rings. The molecule has 6 rings (SSSR count). The van der Waals surface area contributed by atoms with E-state index >= 15 is 4.39 Å². The van der Waals surface area contributed by atoms with Crippen molar-refractivity contribution < 1.29 is 19.1 Å². The maximum absolute atomic E-state index is 15.8. The van der Waals surface area contributed by atoms with Crippen molar-refractivity contribution >= 4 is 28.3 Å². The van der Waals surface area contributed by atoms with Crippen LogP contribution in [0.4, 0.5) is 10.1 Å². The fraction of sp³-hybridized carbons (Fsp3) is 0.167. The van der Waals surface area contributed by atoms with Crippen LogP contribution in [0.15, 0.2) is 103 Å². The summed E-state index contributed by atoms with van der Waals surface area (Å²) in [5.74, 6) is -1.64. The number of carbonyl (C=O) groups excluding carboxylic acids is 1. The summed E-state index contributed by atoms with van der Waals surface area (Å²) in [6.07, 6.45) is 1.72. The summed E-state index contributed by atoms with van der Waals surface area (Å²) in [5, 5.41) is 15.0. The molecule has 1 amide bonds. The summed E-state index contributed by atoms with van der Waals surface area (Å²) < 4.78 is 15.8. The number of carbonyl (C=O) groups is 2. The van der Waals surface area contributed by atoms with E-state index in [1.807, 2.05) is 43.3 Å². The lowest BCUT2D eigenvalue weighted by Crippen LogP contribution is -2.30. The fourth-order valence-corrected chi connectivity index (χ4v) is 5.84. The second kappa shape index (κ2) is 11.5. The summed E-state index contributed by atoms with van der Waals surface area (Å²) in [6.45, 7) is 3.08. The van der Waals surface area contributed by atoms with Gasteiger partial charge in [0.15, 0.2) is 0 Å². The van der Waals surface area contributed by atoms with Gasteiger partial charge in [0.05, 0.1) is 11.6 Å². The molecule has 6 heteroatoms. The molecule has 0 aromatic heterocycles. The zero-order chi connectivity index (χ0) is 29.2. The smallest absolute Gasteiger partial charge is 0.336 e. The minimum absolute atomic E-state index is 0.0672. The number of benzene rings is 5. The molecule has 0 fully saturated rings. The van der Waals surface area contributed by atoms with Gasteiger partial charge in [-0.05, 0) is 77.6 Å². The topological polar surface area (TPSA) is 69.6 Å². The van der Waals surface area contributed by atoms with E-state index in [1.165, 1.54) is 6.07 Å². The van der Waals surface area contributed by atoms with Crippen LogP contribution in [0.2, 0.25) is 0 Å². The van der Waals surface area contributed by atoms with Crippen LogP contribution in [0.25, 0.3) is 21.9 Å². The van der Waals surface area contributed by atoms with Crippen molar-refractivity contribution in [3.63, 3.8) is 0 Å². The lowest BCUT2D eigenvalue weighted by molar-refractivity contribution is 0.0697. The molecule has 5 aromatic carbocycles. The third kappa shape index (κ3) is 5.36. The lowest BCUT2D eigenvalue weighted by Gasteiger charge is -2.32. The first-order chi connectivity index (χ1) is 20.4. The minimum Gasteiger partial charge on any atom is -0.478 e. The highest BCUT2D eigenvalue weighted by Gasteiger charge is 2.22. The second-order valence-corrected chi connectivity index (χ2v) is 10.8. The lowest BCUT2D eigenvalue weighted by atomic mass is 9.95. The van der Waals surface area contributed by atoms with E-state index in [9.17, 15) is 14.7 Å². The van der Waals surface area contributed by atoms with Gasteiger partial charge >= 0.3 is 5.97 Å². The molecule has 210 valence electrons. The minimum atomic E-state index is -1.09. The summed E-state index contributed by atoms with van der Waals surface area (Å²) in [4.78, 5) is 27.1. The molecule has 1 aliphatic rings. The number of nitrogens with zero attached hydrogens (tertiary/aromatic N) is 1. The van der Waals surface area contributed by atoms with Gasteiger partial charge in [0, 0.05) is 35.5 Å². The van der Waals surface area contributed by atoms with E-state index < -0.39 is 11.8 Å². The Morgan fingerprint density at radius 2 is 1.64 bits per heavy atom. The van der Waals surface area contributed by atoms with E-state index in [4.69, 9.17) is 0 Å². The van der Waals surface area contributed by atoms with E-state index in [2.05, 4.69) is 34.5 Å². The van der Waals surface area contributed by atoms with Crippen LogP contribution < -0.4 is 10.2 Å². The molecule has 0 saturated heterocycles. The number of carboxylic acid groups (broad SMARTS) is 1. The van der Waals surface area contributed by atoms with E-state index in [0.717, 1.165) is 47.0 Å². The molecular formula is C36H31FN2O3. The van der Waals surface area contributed by atoms with Crippen LogP contribution in [-0.4, -0.2) is 23.5 Å². The first-order valence-corrected chi connectivity index (χ1v) is 14.2. The Hall–Kier alpha value is -4.97. The fourth-order valence-electron chi connectivity index (χ4n) is 5.84. The predicted octanol–water partition coefficient (Wildman–Crippen LogP) is 7.79. The van der Waals surface area contributed by atoms with Crippen molar-refractivity contribution in [1.82, 2.24) is 5.32 Å². The number of nitrogens with one attached hydrogen (secondary N) is 1. The molecule has 0 bridgehead atoms. The Morgan fingerprint density at radius 1 is 0.881 bits per heavy atom. The first-order valence-electron chi connectivity index (χ1n) is 14.2. The molecule has 2 N–H and O–H groups in total. The second-order valence-electron chi connectivity index (χ2n) is 10.8. The third-order valence-electron chi connectivity index (χ3n) is 8.07. The van der Waals surface area contributed by atoms with E-state index in [-0.39, 0.29) is 23.1 Å². The molecule has 1 aliphatic heterocycles. The summed E-state index contributed by atoms with van der Waals surface area (Å²) >= 11 is 0. The van der Waals surface area contributed by atoms with Crippen molar-refractivity contribution in [2.24, 2.45) is 0 Å². The highest BCUT2D eigenvalue weighted by Crippen LogP contribution is 2.33. The average Bonchev–Trinajstić information content (AvgIpc) is 3.01. The Labute approximate surface area is 244 Å². The number of halogens is 1. The van der Waals surface area contributed by atoms with Crippen molar-refractivity contribution in [2.75, 3.05) is 11.4 Å². The van der Waals surface area contributed by atoms with Gasteiger partial charge in [-0.25, -0.2) is 9.18 Å². The molecule has 5 nitrogen and oxygen atoms in total. The normalized spacial score (nSPS) is 13.4. The van der Waals surface area contributed by atoms with Crippen molar-refractivity contribution in [1.29, 1.82) is 0 Å². The SMILES string of the molecule is C[C@H](NC(=O)c1ccc2c(c1)CCCN2Cc1cccc(-c2ccccc2C(=O)O)c1F)c1ccc2ccccc2c1. The molecule has 1 heterocycles. The van der Waals surface area contributed by atoms with Crippen molar-refractivity contribution in [3.8, 4) is 11.1 Å². The Morgan fingerprint density at radius 3 is 2.48 bits per heavy atom. The zero-order valence-corrected chi connectivity index (χ0v) is 23.3. The van der Waals surface area contributed by atoms with Crippen molar-refractivity contribution in [2.45, 2.75) is 32.4 Å². The Bertz CT molecular complexity index is 1820. The van der Waals surface area contributed by atoms with Crippen molar-refractivity contribution in [3.05, 3.63) is 137 Å². The summed E-state index contributed by atoms with van der Waals surface area (Å²) in [7, 11) is 0. The van der Waals surface area contributed by atoms with Crippen LogP contribution in [0.5, 0.6) is 0 Å². The van der Waals surface area contributed by atoms with Crippen LogP contribution in [0.1, 0.15) is 56.8 Å². The number of rotatable bonds is 7. The molecule has 0 radical (unpaired) electrons. The number of aromatic carboxylic acids is 1.